The molecule has 0 amide bonds. The van der Waals surface area contributed by atoms with Crippen LogP contribution in [0.2, 0.25) is 0 Å². The number of ether oxygens (including phenoxy) is 2. The monoisotopic (exact) mass is 314 g/mol. The SMILES string of the molecule is COc1ccc(CNc2nc(C)cc(NC3CC3)n2)cc1OC. The zero-order valence-electron chi connectivity index (χ0n) is 13.7. The summed E-state index contributed by atoms with van der Waals surface area (Å²) in [5.41, 5.74) is 2.02. The number of hydrogen-bond donors (Lipinski definition) is 2. The molecule has 2 aromatic rings. The van der Waals surface area contributed by atoms with E-state index >= 15 is 0 Å². The minimum absolute atomic E-state index is 0.572. The van der Waals surface area contributed by atoms with Gasteiger partial charge in [-0.25, -0.2) is 4.98 Å². The molecule has 3 rings (SSSR count). The van der Waals surface area contributed by atoms with Gasteiger partial charge in [0.25, 0.3) is 0 Å². The molecule has 0 atom stereocenters. The van der Waals surface area contributed by atoms with Crippen molar-refractivity contribution in [3.05, 3.63) is 35.5 Å². The van der Waals surface area contributed by atoms with Crippen molar-refractivity contribution in [3.63, 3.8) is 0 Å². The summed E-state index contributed by atoms with van der Waals surface area (Å²) in [7, 11) is 3.26. The second-order valence-corrected chi connectivity index (χ2v) is 5.68. The molecule has 1 aliphatic carbocycles. The van der Waals surface area contributed by atoms with Gasteiger partial charge in [-0.15, -0.1) is 0 Å². The highest BCUT2D eigenvalue weighted by Gasteiger charge is 2.21. The average molecular weight is 314 g/mol. The van der Waals surface area contributed by atoms with E-state index in [1.807, 2.05) is 31.2 Å². The van der Waals surface area contributed by atoms with Gasteiger partial charge in [-0.1, -0.05) is 6.07 Å². The molecule has 6 heteroatoms. The van der Waals surface area contributed by atoms with Crippen molar-refractivity contribution in [1.82, 2.24) is 9.97 Å². The van der Waals surface area contributed by atoms with Gasteiger partial charge < -0.3 is 20.1 Å². The Morgan fingerprint density at radius 3 is 2.57 bits per heavy atom. The number of nitrogens with zero attached hydrogens (tertiary/aromatic N) is 2. The standard InChI is InChI=1S/C17H22N4O2/c1-11-8-16(20-13-5-6-13)21-17(19-11)18-10-12-4-7-14(22-2)15(9-12)23-3/h4,7-9,13H,5-6,10H2,1-3H3,(H2,18,19,20,21). The summed E-state index contributed by atoms with van der Waals surface area (Å²) in [6, 6.07) is 8.38. The van der Waals surface area contributed by atoms with E-state index in [2.05, 4.69) is 20.6 Å². The lowest BCUT2D eigenvalue weighted by atomic mass is 10.2. The maximum Gasteiger partial charge on any atom is 0.225 e. The van der Waals surface area contributed by atoms with Crippen LogP contribution in [0.5, 0.6) is 11.5 Å². The maximum absolute atomic E-state index is 5.32. The molecule has 122 valence electrons. The van der Waals surface area contributed by atoms with Crippen LogP contribution in [0.15, 0.2) is 24.3 Å². The van der Waals surface area contributed by atoms with Crippen LogP contribution < -0.4 is 20.1 Å². The number of benzene rings is 1. The highest BCUT2D eigenvalue weighted by Crippen LogP contribution is 2.28. The minimum atomic E-state index is 0.572. The molecule has 0 unspecified atom stereocenters. The Kier molecular flexibility index (Phi) is 4.50. The Balaban J connectivity index is 1.68. The fraction of sp³-hybridized carbons (Fsp3) is 0.412. The highest BCUT2D eigenvalue weighted by atomic mass is 16.5. The van der Waals surface area contributed by atoms with Gasteiger partial charge in [-0.05, 0) is 37.5 Å². The van der Waals surface area contributed by atoms with Crippen molar-refractivity contribution >= 4 is 11.8 Å². The van der Waals surface area contributed by atoms with Crippen LogP contribution in [0, 0.1) is 6.92 Å². The number of nitrogens with one attached hydrogen (secondary N) is 2. The summed E-state index contributed by atoms with van der Waals surface area (Å²) < 4.78 is 10.6. The molecule has 0 spiro atoms. The molecule has 0 radical (unpaired) electrons. The number of methoxy groups -OCH3 is 2. The van der Waals surface area contributed by atoms with Gasteiger partial charge in [0.1, 0.15) is 5.82 Å². The second kappa shape index (κ2) is 6.73. The van der Waals surface area contributed by atoms with Crippen LogP contribution in [-0.2, 0) is 6.54 Å². The van der Waals surface area contributed by atoms with E-state index in [9.17, 15) is 0 Å². The third kappa shape index (κ3) is 4.03. The lowest BCUT2D eigenvalue weighted by Crippen LogP contribution is -2.09. The van der Waals surface area contributed by atoms with Gasteiger partial charge in [0, 0.05) is 24.3 Å². The number of rotatable bonds is 7. The number of aromatic nitrogens is 2. The summed E-state index contributed by atoms with van der Waals surface area (Å²) in [5, 5.41) is 6.67. The quantitative estimate of drug-likeness (QED) is 0.819. The lowest BCUT2D eigenvalue weighted by Gasteiger charge is -2.11. The largest absolute Gasteiger partial charge is 0.493 e. The Labute approximate surface area is 136 Å². The van der Waals surface area contributed by atoms with Crippen LogP contribution in [0.1, 0.15) is 24.1 Å². The minimum Gasteiger partial charge on any atom is -0.493 e. The number of aryl methyl sites for hydroxylation is 1. The molecule has 0 bridgehead atoms. The first kappa shape index (κ1) is 15.4. The third-order valence-electron chi connectivity index (χ3n) is 3.68. The highest BCUT2D eigenvalue weighted by molar-refractivity contribution is 5.46. The number of anilines is 2. The Morgan fingerprint density at radius 1 is 1.09 bits per heavy atom. The molecular formula is C17H22N4O2. The molecule has 1 aromatic carbocycles. The first-order valence-electron chi connectivity index (χ1n) is 7.75. The van der Waals surface area contributed by atoms with E-state index in [0.717, 1.165) is 22.8 Å². The molecule has 1 aromatic heterocycles. The van der Waals surface area contributed by atoms with E-state index in [0.29, 0.717) is 24.3 Å². The summed E-state index contributed by atoms with van der Waals surface area (Å²) in [6.07, 6.45) is 2.44. The molecule has 23 heavy (non-hydrogen) atoms. The summed E-state index contributed by atoms with van der Waals surface area (Å²) in [4.78, 5) is 8.95. The molecule has 1 aliphatic rings. The van der Waals surface area contributed by atoms with Gasteiger partial charge >= 0.3 is 0 Å². The van der Waals surface area contributed by atoms with Gasteiger partial charge in [-0.2, -0.15) is 4.98 Å². The molecule has 0 aliphatic heterocycles. The normalized spacial score (nSPS) is 13.5. The van der Waals surface area contributed by atoms with Crippen LogP contribution in [0.3, 0.4) is 0 Å². The van der Waals surface area contributed by atoms with Crippen LogP contribution in [0.25, 0.3) is 0 Å². The van der Waals surface area contributed by atoms with Crippen LogP contribution >= 0.6 is 0 Å². The van der Waals surface area contributed by atoms with E-state index in [4.69, 9.17) is 9.47 Å². The van der Waals surface area contributed by atoms with Gasteiger partial charge in [-0.3, -0.25) is 0 Å². The Morgan fingerprint density at radius 2 is 1.87 bits per heavy atom. The molecule has 1 fully saturated rings. The van der Waals surface area contributed by atoms with Crippen molar-refractivity contribution in [1.29, 1.82) is 0 Å². The topological polar surface area (TPSA) is 68.3 Å². The Bertz CT molecular complexity index is 686. The van der Waals surface area contributed by atoms with Crippen molar-refractivity contribution < 1.29 is 9.47 Å². The predicted octanol–water partition coefficient (Wildman–Crippen LogP) is 2.99. The molecule has 2 N–H and O–H groups in total. The van der Waals surface area contributed by atoms with Crippen LogP contribution in [-0.4, -0.2) is 30.2 Å². The average Bonchev–Trinajstić information content (AvgIpc) is 3.36. The smallest absolute Gasteiger partial charge is 0.225 e. The fourth-order valence-electron chi connectivity index (χ4n) is 2.33. The van der Waals surface area contributed by atoms with Gasteiger partial charge in [0.05, 0.1) is 14.2 Å². The summed E-state index contributed by atoms with van der Waals surface area (Å²) >= 11 is 0. The van der Waals surface area contributed by atoms with E-state index in [1.165, 1.54) is 12.8 Å². The molecular weight excluding hydrogens is 292 g/mol. The van der Waals surface area contributed by atoms with Crippen molar-refractivity contribution in [2.24, 2.45) is 0 Å². The maximum atomic E-state index is 5.32. The van der Waals surface area contributed by atoms with E-state index < -0.39 is 0 Å². The molecule has 6 nitrogen and oxygen atoms in total. The van der Waals surface area contributed by atoms with E-state index in [-0.39, 0.29) is 0 Å². The second-order valence-electron chi connectivity index (χ2n) is 5.68. The van der Waals surface area contributed by atoms with Crippen LogP contribution in [0.4, 0.5) is 11.8 Å². The summed E-state index contributed by atoms with van der Waals surface area (Å²) in [6.45, 7) is 2.59. The number of hydrogen-bond acceptors (Lipinski definition) is 6. The lowest BCUT2D eigenvalue weighted by molar-refractivity contribution is 0.354. The van der Waals surface area contributed by atoms with Gasteiger partial charge in [0.2, 0.25) is 5.95 Å². The molecule has 0 saturated heterocycles. The predicted molar refractivity (Wildman–Crippen MR) is 90.3 cm³/mol. The summed E-state index contributed by atoms with van der Waals surface area (Å²) in [5.74, 6) is 2.95. The third-order valence-corrected chi connectivity index (χ3v) is 3.68. The van der Waals surface area contributed by atoms with Crippen molar-refractivity contribution in [3.8, 4) is 11.5 Å². The van der Waals surface area contributed by atoms with E-state index in [1.54, 1.807) is 14.2 Å². The molecule has 1 saturated carbocycles. The fourth-order valence-corrected chi connectivity index (χ4v) is 2.33. The first-order valence-corrected chi connectivity index (χ1v) is 7.75. The van der Waals surface area contributed by atoms with Gasteiger partial charge in [0.15, 0.2) is 11.5 Å². The van der Waals surface area contributed by atoms with Crippen molar-refractivity contribution in [2.45, 2.75) is 32.4 Å². The zero-order chi connectivity index (χ0) is 16.2. The Hall–Kier alpha value is -2.50. The first-order chi connectivity index (χ1) is 11.2. The zero-order valence-corrected chi connectivity index (χ0v) is 13.7. The molecule has 1 heterocycles. The van der Waals surface area contributed by atoms with Crippen molar-refractivity contribution in [2.75, 3.05) is 24.9 Å².